The second-order valence-electron chi connectivity index (χ2n) is 3.11. The van der Waals surface area contributed by atoms with Gasteiger partial charge in [0.25, 0.3) is 0 Å². The zero-order chi connectivity index (χ0) is 12.8. The fourth-order valence-electron chi connectivity index (χ4n) is 1.01. The van der Waals surface area contributed by atoms with Gasteiger partial charge in [0.2, 0.25) is 5.91 Å². The Bertz CT molecular complexity index is 440. The monoisotopic (exact) mass is 320 g/mol. The minimum absolute atomic E-state index is 0.0343. The van der Waals surface area contributed by atoms with Crippen LogP contribution >= 0.6 is 27.5 Å². The van der Waals surface area contributed by atoms with Gasteiger partial charge in [-0.1, -0.05) is 11.6 Å². The standard InChI is InChI=1S/C10H10BrClN2O3/c1-17-10(16)3-2-9(15)14-8-4-7(12)6(11)5-13-8/h4-5H,2-3H2,1H3,(H,13,14,15). The average Bonchev–Trinajstić information content (AvgIpc) is 2.31. The van der Waals surface area contributed by atoms with Crippen LogP contribution in [0.5, 0.6) is 0 Å². The van der Waals surface area contributed by atoms with Crippen molar-refractivity contribution >= 4 is 45.2 Å². The lowest BCUT2D eigenvalue weighted by molar-refractivity contribution is -0.141. The molecule has 0 fully saturated rings. The van der Waals surface area contributed by atoms with Crippen molar-refractivity contribution in [3.8, 4) is 0 Å². The second-order valence-corrected chi connectivity index (χ2v) is 4.37. The minimum atomic E-state index is -0.429. The number of carbonyl (C=O) groups excluding carboxylic acids is 2. The lowest BCUT2D eigenvalue weighted by atomic mass is 10.3. The summed E-state index contributed by atoms with van der Waals surface area (Å²) in [6.45, 7) is 0. The van der Waals surface area contributed by atoms with Gasteiger partial charge in [-0.15, -0.1) is 0 Å². The van der Waals surface area contributed by atoms with Crippen LogP contribution in [0.15, 0.2) is 16.7 Å². The number of nitrogens with one attached hydrogen (secondary N) is 1. The van der Waals surface area contributed by atoms with Gasteiger partial charge in [0, 0.05) is 18.7 Å². The lowest BCUT2D eigenvalue weighted by Crippen LogP contribution is -2.14. The first-order valence-electron chi connectivity index (χ1n) is 4.70. The quantitative estimate of drug-likeness (QED) is 0.865. The fraction of sp³-hybridized carbons (Fsp3) is 0.300. The van der Waals surface area contributed by atoms with Crippen LogP contribution in [0.3, 0.4) is 0 Å². The summed E-state index contributed by atoms with van der Waals surface area (Å²) in [7, 11) is 1.27. The van der Waals surface area contributed by atoms with Gasteiger partial charge < -0.3 is 10.1 Å². The van der Waals surface area contributed by atoms with E-state index in [2.05, 4.69) is 31.0 Å². The first kappa shape index (κ1) is 13.9. The Hall–Kier alpha value is -1.14. The lowest BCUT2D eigenvalue weighted by Gasteiger charge is -2.04. The molecule has 1 heterocycles. The van der Waals surface area contributed by atoms with Crippen LogP contribution in [0, 0.1) is 0 Å². The van der Waals surface area contributed by atoms with E-state index in [0.29, 0.717) is 15.3 Å². The van der Waals surface area contributed by atoms with Crippen LogP contribution in [0.2, 0.25) is 5.02 Å². The molecule has 0 saturated carbocycles. The van der Waals surface area contributed by atoms with Crippen molar-refractivity contribution in [2.45, 2.75) is 12.8 Å². The Labute approximate surface area is 112 Å². The first-order valence-corrected chi connectivity index (χ1v) is 5.87. The zero-order valence-corrected chi connectivity index (χ0v) is 11.3. The van der Waals surface area contributed by atoms with Crippen molar-refractivity contribution in [1.29, 1.82) is 0 Å². The molecule has 0 spiro atoms. The summed E-state index contributed by atoms with van der Waals surface area (Å²) in [5.41, 5.74) is 0. The third-order valence-corrected chi connectivity index (χ3v) is 3.03. The largest absolute Gasteiger partial charge is 0.469 e. The van der Waals surface area contributed by atoms with E-state index in [-0.39, 0.29) is 18.7 Å². The molecule has 0 radical (unpaired) electrons. The summed E-state index contributed by atoms with van der Waals surface area (Å²) in [6, 6.07) is 1.52. The number of ether oxygens (including phenoxy) is 1. The highest BCUT2D eigenvalue weighted by molar-refractivity contribution is 9.10. The summed E-state index contributed by atoms with van der Waals surface area (Å²) < 4.78 is 5.07. The van der Waals surface area contributed by atoms with Gasteiger partial charge in [-0.05, 0) is 15.9 Å². The predicted octanol–water partition coefficient (Wildman–Crippen LogP) is 2.39. The summed E-state index contributed by atoms with van der Waals surface area (Å²) in [5, 5.41) is 2.97. The summed E-state index contributed by atoms with van der Waals surface area (Å²) in [4.78, 5) is 26.2. The van der Waals surface area contributed by atoms with Crippen LogP contribution in [0.4, 0.5) is 5.82 Å². The molecule has 1 rings (SSSR count). The first-order chi connectivity index (χ1) is 8.02. The average molecular weight is 322 g/mol. The topological polar surface area (TPSA) is 68.3 Å². The molecule has 92 valence electrons. The molecular weight excluding hydrogens is 311 g/mol. The van der Waals surface area contributed by atoms with Crippen LogP contribution in [0.25, 0.3) is 0 Å². The molecule has 0 saturated heterocycles. The number of anilines is 1. The van der Waals surface area contributed by atoms with Crippen molar-refractivity contribution < 1.29 is 14.3 Å². The van der Waals surface area contributed by atoms with Crippen molar-refractivity contribution in [3.05, 3.63) is 21.8 Å². The summed E-state index contributed by atoms with van der Waals surface area (Å²) in [6.07, 6.45) is 1.56. The van der Waals surface area contributed by atoms with E-state index in [4.69, 9.17) is 11.6 Å². The van der Waals surface area contributed by atoms with Gasteiger partial charge in [-0.2, -0.15) is 0 Å². The molecule has 0 unspecified atom stereocenters. The van der Waals surface area contributed by atoms with E-state index in [0.717, 1.165) is 0 Å². The number of methoxy groups -OCH3 is 1. The van der Waals surface area contributed by atoms with Gasteiger partial charge in [-0.3, -0.25) is 9.59 Å². The van der Waals surface area contributed by atoms with Crippen molar-refractivity contribution in [2.75, 3.05) is 12.4 Å². The van der Waals surface area contributed by atoms with E-state index in [9.17, 15) is 9.59 Å². The SMILES string of the molecule is COC(=O)CCC(=O)Nc1cc(Cl)c(Br)cn1. The van der Waals surface area contributed by atoms with Crippen LogP contribution < -0.4 is 5.32 Å². The fourth-order valence-corrected chi connectivity index (χ4v) is 1.37. The minimum Gasteiger partial charge on any atom is -0.469 e. The number of aromatic nitrogens is 1. The predicted molar refractivity (Wildman–Crippen MR) is 66.8 cm³/mol. The molecule has 1 aromatic rings. The molecule has 1 aromatic heterocycles. The Balaban J connectivity index is 2.50. The van der Waals surface area contributed by atoms with Crippen LogP contribution in [0.1, 0.15) is 12.8 Å². The molecule has 1 N–H and O–H groups in total. The third kappa shape index (κ3) is 4.70. The molecular formula is C10H10BrClN2O3. The normalized spacial score (nSPS) is 9.82. The second kappa shape index (κ2) is 6.56. The maximum absolute atomic E-state index is 11.4. The maximum atomic E-state index is 11.4. The smallest absolute Gasteiger partial charge is 0.306 e. The number of hydrogen-bond donors (Lipinski definition) is 1. The summed E-state index contributed by atoms with van der Waals surface area (Å²) in [5.74, 6) is -0.406. The molecule has 0 aromatic carbocycles. The summed E-state index contributed by atoms with van der Waals surface area (Å²) >= 11 is 9.02. The Morgan fingerprint density at radius 1 is 1.53 bits per heavy atom. The maximum Gasteiger partial charge on any atom is 0.306 e. The highest BCUT2D eigenvalue weighted by Gasteiger charge is 2.08. The van der Waals surface area contributed by atoms with Crippen molar-refractivity contribution in [2.24, 2.45) is 0 Å². The van der Waals surface area contributed by atoms with Gasteiger partial charge in [0.15, 0.2) is 0 Å². The van der Waals surface area contributed by atoms with Crippen molar-refractivity contribution in [1.82, 2.24) is 4.98 Å². The molecule has 0 aliphatic carbocycles. The number of halogens is 2. The molecule has 0 atom stereocenters. The molecule has 5 nitrogen and oxygen atoms in total. The highest BCUT2D eigenvalue weighted by atomic mass is 79.9. The van der Waals surface area contributed by atoms with Crippen LogP contribution in [-0.2, 0) is 14.3 Å². The molecule has 0 aliphatic heterocycles. The van der Waals surface area contributed by atoms with E-state index in [1.807, 2.05) is 0 Å². The number of amides is 1. The van der Waals surface area contributed by atoms with E-state index in [1.54, 1.807) is 0 Å². The third-order valence-electron chi connectivity index (χ3n) is 1.86. The van der Waals surface area contributed by atoms with Gasteiger partial charge in [0.1, 0.15) is 5.82 Å². The molecule has 1 amide bonds. The highest BCUT2D eigenvalue weighted by Crippen LogP contribution is 2.23. The number of nitrogens with zero attached hydrogens (tertiary/aromatic N) is 1. The molecule has 17 heavy (non-hydrogen) atoms. The van der Waals surface area contributed by atoms with Gasteiger partial charge >= 0.3 is 5.97 Å². The van der Waals surface area contributed by atoms with Gasteiger partial charge in [0.05, 0.1) is 23.0 Å². The number of carbonyl (C=O) groups is 2. The Morgan fingerprint density at radius 2 is 2.24 bits per heavy atom. The number of hydrogen-bond acceptors (Lipinski definition) is 4. The molecule has 7 heteroatoms. The Kier molecular flexibility index (Phi) is 5.37. The van der Waals surface area contributed by atoms with E-state index >= 15 is 0 Å². The zero-order valence-electron chi connectivity index (χ0n) is 9.00. The number of esters is 1. The van der Waals surface area contributed by atoms with Crippen molar-refractivity contribution in [3.63, 3.8) is 0 Å². The molecule has 0 bridgehead atoms. The number of pyridine rings is 1. The Morgan fingerprint density at radius 3 is 2.82 bits per heavy atom. The van der Waals surface area contributed by atoms with E-state index in [1.165, 1.54) is 19.4 Å². The van der Waals surface area contributed by atoms with Gasteiger partial charge in [-0.25, -0.2) is 4.98 Å². The number of rotatable bonds is 4. The molecule has 0 aliphatic rings. The van der Waals surface area contributed by atoms with Crippen LogP contribution in [-0.4, -0.2) is 24.0 Å². The van der Waals surface area contributed by atoms with E-state index < -0.39 is 5.97 Å².